The number of rotatable bonds is 7. The third-order valence-corrected chi connectivity index (χ3v) is 5.18. The van der Waals surface area contributed by atoms with E-state index < -0.39 is 11.8 Å². The third kappa shape index (κ3) is 6.89. The van der Waals surface area contributed by atoms with Crippen LogP contribution in [0, 0.1) is 0 Å². The van der Waals surface area contributed by atoms with Gasteiger partial charge in [-0.3, -0.25) is 20.4 Å². The van der Waals surface area contributed by atoms with Crippen LogP contribution in [0.25, 0.3) is 0 Å². The fourth-order valence-electron chi connectivity index (χ4n) is 3.40. The highest BCUT2D eigenvalue weighted by Crippen LogP contribution is 2.26. The summed E-state index contributed by atoms with van der Waals surface area (Å²) in [5, 5.41) is 2.65. The first-order valence-electron chi connectivity index (χ1n) is 10.7. The predicted octanol–water partition coefficient (Wildman–Crippen LogP) is 4.04. The van der Waals surface area contributed by atoms with Crippen LogP contribution in [0.5, 0.6) is 5.75 Å². The average molecular weight is 462 g/mol. The molecule has 3 N–H and O–H groups in total. The summed E-state index contributed by atoms with van der Waals surface area (Å²) in [6, 6.07) is 26.5. The van der Waals surface area contributed by atoms with Crippen LogP contribution in [0.1, 0.15) is 42.4 Å². The number of carbonyl (C=O) groups is 2. The molecule has 3 rings (SSSR count). The maximum atomic E-state index is 13.0. The Hall–Kier alpha value is -3.71. The van der Waals surface area contributed by atoms with Gasteiger partial charge in [0.2, 0.25) is 5.91 Å². The van der Waals surface area contributed by atoms with Crippen LogP contribution in [0.4, 0.5) is 0 Å². The van der Waals surface area contributed by atoms with Gasteiger partial charge in [0.05, 0.1) is 5.92 Å². The zero-order valence-electron chi connectivity index (χ0n) is 18.6. The van der Waals surface area contributed by atoms with Gasteiger partial charge in [0, 0.05) is 0 Å². The Morgan fingerprint density at radius 2 is 1.36 bits per heavy atom. The maximum absolute atomic E-state index is 13.0. The van der Waals surface area contributed by atoms with Crippen LogP contribution >= 0.6 is 12.2 Å². The zero-order chi connectivity index (χ0) is 23.6. The van der Waals surface area contributed by atoms with Crippen molar-refractivity contribution in [2.24, 2.45) is 0 Å². The lowest BCUT2D eigenvalue weighted by Gasteiger charge is -2.19. The molecule has 6 nitrogen and oxygen atoms in total. The molecule has 0 bridgehead atoms. The summed E-state index contributed by atoms with van der Waals surface area (Å²) < 4.78 is 5.64. The SMILES string of the molecule is CC(C)c1ccccc1OCC(=O)NNC(=S)NC(=O)C(c1ccccc1)c1ccccc1. The lowest BCUT2D eigenvalue weighted by Crippen LogP contribution is -2.50. The van der Waals surface area contributed by atoms with Gasteiger partial charge in [-0.25, -0.2) is 0 Å². The first-order chi connectivity index (χ1) is 16.0. The molecule has 0 aliphatic heterocycles. The lowest BCUT2D eigenvalue weighted by molar-refractivity contribution is -0.124. The summed E-state index contributed by atoms with van der Waals surface area (Å²) >= 11 is 5.20. The Kier molecular flexibility index (Phi) is 8.55. The first kappa shape index (κ1) is 23.9. The van der Waals surface area contributed by atoms with E-state index in [4.69, 9.17) is 17.0 Å². The van der Waals surface area contributed by atoms with Gasteiger partial charge in [0.15, 0.2) is 11.7 Å². The maximum Gasteiger partial charge on any atom is 0.276 e. The highest BCUT2D eigenvalue weighted by molar-refractivity contribution is 7.80. The average Bonchev–Trinajstić information content (AvgIpc) is 2.83. The van der Waals surface area contributed by atoms with E-state index in [1.54, 1.807) is 0 Å². The van der Waals surface area contributed by atoms with Gasteiger partial charge < -0.3 is 10.1 Å². The minimum atomic E-state index is -0.543. The number of hydrogen-bond donors (Lipinski definition) is 3. The number of ether oxygens (including phenoxy) is 1. The Morgan fingerprint density at radius 3 is 1.94 bits per heavy atom. The third-order valence-electron chi connectivity index (χ3n) is 4.98. The van der Waals surface area contributed by atoms with Crippen molar-refractivity contribution in [1.82, 2.24) is 16.2 Å². The molecule has 0 fully saturated rings. The molecule has 7 heteroatoms. The Balaban J connectivity index is 1.55. The second kappa shape index (κ2) is 11.8. The fraction of sp³-hybridized carbons (Fsp3) is 0.192. The van der Waals surface area contributed by atoms with Gasteiger partial charge >= 0.3 is 0 Å². The van der Waals surface area contributed by atoms with Crippen molar-refractivity contribution in [2.75, 3.05) is 6.61 Å². The molecule has 0 spiro atoms. The van der Waals surface area contributed by atoms with Gasteiger partial charge in [-0.05, 0) is 40.9 Å². The highest BCUT2D eigenvalue weighted by atomic mass is 32.1. The number of benzene rings is 3. The van der Waals surface area contributed by atoms with Crippen molar-refractivity contribution < 1.29 is 14.3 Å². The van der Waals surface area contributed by atoms with Crippen LogP contribution in [0.3, 0.4) is 0 Å². The molecule has 0 unspecified atom stereocenters. The first-order valence-corrected chi connectivity index (χ1v) is 11.1. The van der Waals surface area contributed by atoms with E-state index in [9.17, 15) is 9.59 Å². The van der Waals surface area contributed by atoms with Gasteiger partial charge in [0.25, 0.3) is 5.91 Å². The van der Waals surface area contributed by atoms with Gasteiger partial charge in [0.1, 0.15) is 5.75 Å². The van der Waals surface area contributed by atoms with Crippen molar-refractivity contribution >= 4 is 29.1 Å². The fourth-order valence-corrected chi connectivity index (χ4v) is 3.55. The van der Waals surface area contributed by atoms with Crippen molar-refractivity contribution in [3.8, 4) is 5.75 Å². The Bertz CT molecular complexity index is 1050. The Labute approximate surface area is 199 Å². The molecule has 170 valence electrons. The summed E-state index contributed by atoms with van der Waals surface area (Å²) in [6.45, 7) is 3.93. The minimum absolute atomic E-state index is 0.00667. The highest BCUT2D eigenvalue weighted by Gasteiger charge is 2.23. The molecular formula is C26H27N3O3S. The van der Waals surface area contributed by atoms with Crippen LogP contribution in [0.15, 0.2) is 84.9 Å². The largest absolute Gasteiger partial charge is 0.483 e. The van der Waals surface area contributed by atoms with E-state index in [0.717, 1.165) is 16.7 Å². The van der Waals surface area contributed by atoms with E-state index in [0.29, 0.717) is 5.75 Å². The van der Waals surface area contributed by atoms with Gasteiger partial charge in [-0.1, -0.05) is 92.7 Å². The molecule has 0 saturated carbocycles. The Morgan fingerprint density at radius 1 is 0.818 bits per heavy atom. The molecule has 0 atom stereocenters. The molecule has 0 radical (unpaired) electrons. The number of nitrogens with one attached hydrogen (secondary N) is 3. The van der Waals surface area contributed by atoms with E-state index in [2.05, 4.69) is 30.0 Å². The second-order valence-electron chi connectivity index (χ2n) is 7.73. The van der Waals surface area contributed by atoms with Crippen LogP contribution < -0.4 is 20.9 Å². The summed E-state index contributed by atoms with van der Waals surface area (Å²) in [7, 11) is 0. The van der Waals surface area contributed by atoms with Crippen molar-refractivity contribution in [3.05, 3.63) is 102 Å². The predicted molar refractivity (Wildman–Crippen MR) is 133 cm³/mol. The van der Waals surface area contributed by atoms with Crippen LogP contribution in [0.2, 0.25) is 0 Å². The normalized spacial score (nSPS) is 10.5. The second-order valence-corrected chi connectivity index (χ2v) is 8.14. The lowest BCUT2D eigenvalue weighted by atomic mass is 9.90. The molecule has 3 aromatic rings. The zero-order valence-corrected chi connectivity index (χ0v) is 19.4. The van der Waals surface area contributed by atoms with Crippen LogP contribution in [-0.4, -0.2) is 23.5 Å². The standard InChI is InChI=1S/C26H27N3O3S/c1-18(2)21-15-9-10-16-22(21)32-17-23(30)28-29-26(33)27-25(31)24(19-11-5-3-6-12-19)20-13-7-4-8-14-20/h3-16,18,24H,17H2,1-2H3,(H,28,30)(H2,27,29,31,33). The minimum Gasteiger partial charge on any atom is -0.483 e. The van der Waals surface area contributed by atoms with Crippen molar-refractivity contribution in [1.29, 1.82) is 0 Å². The molecule has 0 aromatic heterocycles. The number of thiocarbonyl (C=S) groups is 1. The number of hydrogen-bond acceptors (Lipinski definition) is 4. The van der Waals surface area contributed by atoms with Crippen LogP contribution in [-0.2, 0) is 9.59 Å². The molecule has 2 amide bonds. The quantitative estimate of drug-likeness (QED) is 0.366. The smallest absolute Gasteiger partial charge is 0.276 e. The number of hydrazine groups is 1. The summed E-state index contributed by atoms with van der Waals surface area (Å²) in [4.78, 5) is 25.2. The number of para-hydroxylation sites is 1. The molecule has 0 aliphatic rings. The van der Waals surface area contributed by atoms with E-state index in [-0.39, 0.29) is 23.5 Å². The molecule has 0 heterocycles. The summed E-state index contributed by atoms with van der Waals surface area (Å²) in [6.07, 6.45) is 0. The van der Waals surface area contributed by atoms with Crippen molar-refractivity contribution in [3.63, 3.8) is 0 Å². The van der Waals surface area contributed by atoms with Gasteiger partial charge in [-0.2, -0.15) is 0 Å². The van der Waals surface area contributed by atoms with Gasteiger partial charge in [-0.15, -0.1) is 0 Å². The van der Waals surface area contributed by atoms with E-state index >= 15 is 0 Å². The number of amides is 2. The molecule has 33 heavy (non-hydrogen) atoms. The molecule has 0 aliphatic carbocycles. The topological polar surface area (TPSA) is 79.5 Å². The monoisotopic (exact) mass is 461 g/mol. The van der Waals surface area contributed by atoms with E-state index in [1.807, 2.05) is 84.9 Å². The number of carbonyl (C=O) groups excluding carboxylic acids is 2. The molecule has 0 saturated heterocycles. The summed E-state index contributed by atoms with van der Waals surface area (Å²) in [5.41, 5.74) is 7.72. The summed E-state index contributed by atoms with van der Waals surface area (Å²) in [5.74, 6) is -0.341. The van der Waals surface area contributed by atoms with Crippen molar-refractivity contribution in [2.45, 2.75) is 25.7 Å². The van der Waals surface area contributed by atoms with E-state index in [1.165, 1.54) is 0 Å². The molecular weight excluding hydrogens is 434 g/mol. The molecule has 3 aromatic carbocycles.